The Morgan fingerprint density at radius 2 is 2.10 bits per heavy atom. The molecular weight excluding hydrogens is 430 g/mol. The summed E-state index contributed by atoms with van der Waals surface area (Å²) in [5.74, 6) is 2.99. The Kier molecular flexibility index (Phi) is 6.97. The Labute approximate surface area is 193 Å². The van der Waals surface area contributed by atoms with Crippen LogP contribution in [0.1, 0.15) is 52.9 Å². The van der Waals surface area contributed by atoms with Crippen molar-refractivity contribution in [3.63, 3.8) is 0 Å². The van der Waals surface area contributed by atoms with E-state index in [1.165, 1.54) is 37.4 Å². The number of carbonyl (C=O) groups excluding carboxylic acids is 1. The lowest BCUT2D eigenvalue weighted by Crippen LogP contribution is -2.41. The van der Waals surface area contributed by atoms with E-state index in [0.717, 1.165) is 18.3 Å². The third-order valence-corrected chi connectivity index (χ3v) is 8.18. The highest BCUT2D eigenvalue weighted by Gasteiger charge is 2.42. The molecule has 1 amide bonds. The summed E-state index contributed by atoms with van der Waals surface area (Å²) in [5.41, 5.74) is 0.511. The van der Waals surface area contributed by atoms with Gasteiger partial charge in [-0.3, -0.25) is 14.2 Å². The highest BCUT2D eigenvalue weighted by Crippen LogP contribution is 2.49. The van der Waals surface area contributed by atoms with Crippen molar-refractivity contribution in [1.82, 2.24) is 14.9 Å². The van der Waals surface area contributed by atoms with Crippen LogP contribution in [0.15, 0.2) is 28.2 Å². The molecule has 2 bridgehead atoms. The van der Waals surface area contributed by atoms with E-state index in [1.807, 2.05) is 0 Å². The Morgan fingerprint density at radius 3 is 2.77 bits per heavy atom. The number of fused-ring (bicyclic) bond motifs is 3. The number of carbonyl (C=O) groups is 1. The maximum absolute atomic E-state index is 13.1. The molecule has 2 aliphatic rings. The first-order chi connectivity index (χ1) is 14.8. The van der Waals surface area contributed by atoms with Gasteiger partial charge in [-0.2, -0.15) is 0 Å². The van der Waals surface area contributed by atoms with Crippen molar-refractivity contribution in [3.8, 4) is 0 Å². The summed E-state index contributed by atoms with van der Waals surface area (Å²) < 4.78 is 1.72. The van der Waals surface area contributed by atoms with E-state index in [0.29, 0.717) is 39.5 Å². The first-order valence-electron chi connectivity index (χ1n) is 11.4. The van der Waals surface area contributed by atoms with Gasteiger partial charge in [0.2, 0.25) is 5.91 Å². The van der Waals surface area contributed by atoms with Crippen LogP contribution in [0.5, 0.6) is 0 Å². The number of amides is 1. The topological polar surface area (TPSA) is 64.0 Å². The highest BCUT2D eigenvalue weighted by atomic mass is 35.5. The average molecular weight is 462 g/mol. The maximum atomic E-state index is 13.1. The van der Waals surface area contributed by atoms with Gasteiger partial charge in [0.1, 0.15) is 0 Å². The quantitative estimate of drug-likeness (QED) is 0.437. The summed E-state index contributed by atoms with van der Waals surface area (Å²) in [5, 5.41) is 4.91. The summed E-state index contributed by atoms with van der Waals surface area (Å²) in [6, 6.07) is 5.37. The minimum Gasteiger partial charge on any atom is -0.353 e. The molecule has 0 radical (unpaired) electrons. The fourth-order valence-corrected chi connectivity index (χ4v) is 6.31. The molecule has 2 fully saturated rings. The maximum Gasteiger partial charge on any atom is 0.262 e. The van der Waals surface area contributed by atoms with Crippen LogP contribution in [0.4, 0.5) is 0 Å². The fourth-order valence-electron chi connectivity index (χ4n) is 5.31. The number of aromatic nitrogens is 2. The van der Waals surface area contributed by atoms with Gasteiger partial charge in [0.25, 0.3) is 5.56 Å². The van der Waals surface area contributed by atoms with Crippen molar-refractivity contribution < 1.29 is 4.79 Å². The van der Waals surface area contributed by atoms with Crippen LogP contribution in [0.25, 0.3) is 10.9 Å². The second-order valence-electron chi connectivity index (χ2n) is 9.68. The van der Waals surface area contributed by atoms with Gasteiger partial charge in [0.05, 0.1) is 16.7 Å². The van der Waals surface area contributed by atoms with E-state index in [2.05, 4.69) is 26.1 Å². The summed E-state index contributed by atoms with van der Waals surface area (Å²) in [6.07, 6.45) is 6.15. The van der Waals surface area contributed by atoms with Crippen molar-refractivity contribution >= 4 is 40.2 Å². The van der Waals surface area contributed by atoms with Gasteiger partial charge in [-0.15, -0.1) is 0 Å². The van der Waals surface area contributed by atoms with Crippen molar-refractivity contribution in [3.05, 3.63) is 33.6 Å². The molecule has 5 nitrogen and oxygen atoms in total. The Hall–Kier alpha value is -1.53. The van der Waals surface area contributed by atoms with Crippen molar-refractivity contribution in [2.75, 3.05) is 5.75 Å². The summed E-state index contributed by atoms with van der Waals surface area (Å²) >= 11 is 7.46. The van der Waals surface area contributed by atoms with Crippen LogP contribution in [0.2, 0.25) is 5.02 Å². The Morgan fingerprint density at radius 1 is 1.29 bits per heavy atom. The van der Waals surface area contributed by atoms with Gasteiger partial charge in [-0.05, 0) is 74.5 Å². The van der Waals surface area contributed by atoms with Crippen LogP contribution >= 0.6 is 23.4 Å². The Balaban J connectivity index is 1.47. The zero-order valence-electron chi connectivity index (χ0n) is 18.6. The molecule has 0 spiro atoms. The minimum atomic E-state index is -0.0689. The molecule has 2 aliphatic carbocycles. The molecule has 1 heterocycles. The first-order valence-corrected chi connectivity index (χ1v) is 12.8. The van der Waals surface area contributed by atoms with E-state index < -0.39 is 0 Å². The molecular formula is C24H32ClN3O2S. The summed E-state index contributed by atoms with van der Waals surface area (Å²) in [6.45, 7) is 7.00. The zero-order valence-corrected chi connectivity index (χ0v) is 20.1. The van der Waals surface area contributed by atoms with Gasteiger partial charge >= 0.3 is 0 Å². The van der Waals surface area contributed by atoms with E-state index in [9.17, 15) is 9.59 Å². The van der Waals surface area contributed by atoms with Crippen LogP contribution in [-0.2, 0) is 11.3 Å². The molecule has 4 rings (SSSR count). The fraction of sp³-hybridized carbons (Fsp3) is 0.625. The molecule has 31 heavy (non-hydrogen) atoms. The van der Waals surface area contributed by atoms with Gasteiger partial charge in [0.15, 0.2) is 5.16 Å². The summed E-state index contributed by atoms with van der Waals surface area (Å²) in [7, 11) is 0. The number of thioether (sulfide) groups is 1. The second-order valence-corrected chi connectivity index (χ2v) is 11.1. The van der Waals surface area contributed by atoms with Gasteiger partial charge < -0.3 is 5.32 Å². The molecule has 0 saturated heterocycles. The molecule has 1 aromatic carbocycles. The van der Waals surface area contributed by atoms with E-state index >= 15 is 0 Å². The largest absolute Gasteiger partial charge is 0.353 e. The van der Waals surface area contributed by atoms with Crippen LogP contribution in [0, 0.1) is 23.7 Å². The first kappa shape index (κ1) is 22.7. The van der Waals surface area contributed by atoms with E-state index in [-0.39, 0.29) is 23.3 Å². The highest BCUT2D eigenvalue weighted by molar-refractivity contribution is 7.99. The number of rotatable bonds is 8. The third kappa shape index (κ3) is 5.11. The zero-order chi connectivity index (χ0) is 22.1. The lowest BCUT2D eigenvalue weighted by atomic mass is 9.84. The molecule has 7 heteroatoms. The number of hydrogen-bond acceptors (Lipinski definition) is 4. The molecule has 1 aromatic heterocycles. The molecule has 0 unspecified atom stereocenters. The predicted molar refractivity (Wildman–Crippen MR) is 128 cm³/mol. The van der Waals surface area contributed by atoms with Crippen LogP contribution in [0.3, 0.4) is 0 Å². The van der Waals surface area contributed by atoms with Crippen molar-refractivity contribution in [2.24, 2.45) is 23.7 Å². The molecule has 168 valence electrons. The number of halogens is 1. The van der Waals surface area contributed by atoms with E-state index in [1.54, 1.807) is 22.8 Å². The third-order valence-electron chi connectivity index (χ3n) is 6.97. The van der Waals surface area contributed by atoms with Crippen molar-refractivity contribution in [2.45, 2.75) is 70.6 Å². The SMILES string of the molecule is CC(C)CCn1c(SCC(=O)N[C@H](C)[C@@H]2C[C@H]3CC[C@H]2C3)nc2cc(Cl)ccc2c1=O. The van der Waals surface area contributed by atoms with Crippen LogP contribution in [-0.4, -0.2) is 27.3 Å². The smallest absolute Gasteiger partial charge is 0.262 e. The van der Waals surface area contributed by atoms with Crippen molar-refractivity contribution in [1.29, 1.82) is 0 Å². The number of nitrogens with one attached hydrogen (secondary N) is 1. The van der Waals surface area contributed by atoms with Gasteiger partial charge in [-0.1, -0.05) is 43.6 Å². The molecule has 2 aromatic rings. The monoisotopic (exact) mass is 461 g/mol. The molecule has 0 aliphatic heterocycles. The van der Waals surface area contributed by atoms with Gasteiger partial charge in [0, 0.05) is 17.6 Å². The molecule has 2 saturated carbocycles. The van der Waals surface area contributed by atoms with E-state index in [4.69, 9.17) is 16.6 Å². The Bertz CT molecular complexity index is 1020. The van der Waals surface area contributed by atoms with Crippen LogP contribution < -0.4 is 10.9 Å². The lowest BCUT2D eigenvalue weighted by Gasteiger charge is -2.28. The minimum absolute atomic E-state index is 0.0103. The molecule has 1 N–H and O–H groups in total. The predicted octanol–water partition coefficient (Wildman–Crippen LogP) is 5.13. The number of nitrogens with zero attached hydrogens (tertiary/aromatic N) is 2. The average Bonchev–Trinajstić information content (AvgIpc) is 3.35. The molecule has 4 atom stereocenters. The lowest BCUT2D eigenvalue weighted by molar-refractivity contribution is -0.119. The van der Waals surface area contributed by atoms with Gasteiger partial charge in [-0.25, -0.2) is 4.98 Å². The standard InChI is InChI=1S/C24H32ClN3O2S/c1-14(2)8-9-28-23(30)19-7-6-18(25)12-21(19)27-24(28)31-13-22(29)26-15(3)20-11-16-4-5-17(20)10-16/h6-7,12,14-17,20H,4-5,8-11,13H2,1-3H3,(H,26,29)/t15-,16+,17+,20+/m1/s1. The normalized spacial score (nSPS) is 23.6. The summed E-state index contributed by atoms with van der Waals surface area (Å²) in [4.78, 5) is 30.5. The number of hydrogen-bond donors (Lipinski definition) is 1. The second kappa shape index (κ2) is 9.53. The number of benzene rings is 1.